The van der Waals surface area contributed by atoms with E-state index in [2.05, 4.69) is 17.1 Å². The molecule has 0 radical (unpaired) electrons. The quantitative estimate of drug-likeness (QED) is 0.211. The van der Waals surface area contributed by atoms with E-state index in [9.17, 15) is 13.6 Å². The van der Waals surface area contributed by atoms with E-state index in [1.807, 2.05) is 47.4 Å². The van der Waals surface area contributed by atoms with E-state index in [0.29, 0.717) is 36.2 Å². The number of amides is 1. The Morgan fingerprint density at radius 3 is 2.28 bits per heavy atom. The normalized spacial score (nSPS) is 16.5. The fourth-order valence-electron chi connectivity index (χ4n) is 3.92. The molecule has 0 aliphatic carbocycles. The van der Waals surface area contributed by atoms with Crippen LogP contribution in [0.25, 0.3) is 0 Å². The molecule has 4 rings (SSSR count). The zero-order chi connectivity index (χ0) is 22.6. The van der Waals surface area contributed by atoms with E-state index in [1.54, 1.807) is 5.48 Å². The van der Waals surface area contributed by atoms with Gasteiger partial charge in [0.05, 0.1) is 19.3 Å². The fraction of sp³-hybridized carbons (Fsp3) is 0.273. The van der Waals surface area contributed by atoms with Gasteiger partial charge in [-0.05, 0) is 24.0 Å². The summed E-state index contributed by atoms with van der Waals surface area (Å²) in [7, 11) is 0. The predicted octanol–water partition coefficient (Wildman–Crippen LogP) is 3.01. The summed E-state index contributed by atoms with van der Waals surface area (Å²) >= 11 is -0.900. The highest BCUT2D eigenvalue weighted by atomic mass is 32.2. The van der Waals surface area contributed by atoms with E-state index in [1.165, 1.54) is 28.7 Å². The number of carbonyl (C=O) groups is 1. The van der Waals surface area contributed by atoms with Crippen molar-refractivity contribution in [3.63, 3.8) is 0 Å². The molecule has 168 valence electrons. The number of carbonyl (C=O) groups excluding carboxylic acids is 1. The average Bonchev–Trinajstić information content (AvgIpc) is 3.33. The Balaban J connectivity index is 1.44. The van der Waals surface area contributed by atoms with Crippen LogP contribution < -0.4 is 14.3 Å². The predicted molar refractivity (Wildman–Crippen MR) is 126 cm³/mol. The molecule has 1 aliphatic rings. The second kappa shape index (κ2) is 9.88. The molecule has 32 heavy (non-hydrogen) atoms. The number of nitrogens with one attached hydrogen (secondary N) is 1. The van der Waals surface area contributed by atoms with Crippen LogP contribution in [0.4, 0.5) is 10.8 Å². The van der Waals surface area contributed by atoms with Crippen LogP contribution in [-0.2, 0) is 24.1 Å². The molecule has 1 aliphatic heterocycles. The number of piperazine rings is 1. The Morgan fingerprint density at radius 2 is 1.69 bits per heavy atom. The number of thiazole rings is 1. The number of rotatable bonds is 7. The van der Waals surface area contributed by atoms with E-state index < -0.39 is 17.2 Å². The molecule has 0 spiro atoms. The van der Waals surface area contributed by atoms with Gasteiger partial charge in [0.25, 0.3) is 5.91 Å². The second-order valence-corrected chi connectivity index (χ2v) is 9.82. The molecule has 1 amide bonds. The lowest BCUT2D eigenvalue weighted by atomic mass is 10.0. The molecule has 1 atom stereocenters. The van der Waals surface area contributed by atoms with Gasteiger partial charge >= 0.3 is 11.3 Å². The minimum atomic E-state index is -2.08. The minimum Gasteiger partial charge on any atom is -0.337 e. The van der Waals surface area contributed by atoms with E-state index in [4.69, 9.17) is 5.21 Å². The van der Waals surface area contributed by atoms with Crippen molar-refractivity contribution >= 4 is 39.3 Å². The standard InChI is InChI=1S/C22H24N4O4S2/c27-21(24-28)20-16-23-22(31-20)25-12-14-26(15-13-25,32(29)30)19-10-8-18(9-11-19)7-6-17-4-2-1-3-5-17/h1-5,8-11,16H,6-7,12-15H2,(H2-,24,27,28,29,30)/p+1. The smallest absolute Gasteiger partial charge is 0.337 e. The Hall–Kier alpha value is -2.63. The summed E-state index contributed by atoms with van der Waals surface area (Å²) in [6, 6.07) is 18.3. The van der Waals surface area contributed by atoms with Gasteiger partial charge in [-0.25, -0.2) is 10.5 Å². The Labute approximate surface area is 193 Å². The van der Waals surface area contributed by atoms with Crippen molar-refractivity contribution < 1.29 is 18.8 Å². The second-order valence-electron chi connectivity index (χ2n) is 7.65. The number of nitrogens with zero attached hydrogens (tertiary/aromatic N) is 3. The summed E-state index contributed by atoms with van der Waals surface area (Å²) in [5.74, 6) is -0.597. The third-order valence-electron chi connectivity index (χ3n) is 5.80. The first-order valence-corrected chi connectivity index (χ1v) is 12.2. The molecule has 1 saturated heterocycles. The van der Waals surface area contributed by atoms with Crippen molar-refractivity contribution in [2.75, 3.05) is 31.1 Å². The summed E-state index contributed by atoms with van der Waals surface area (Å²) in [5.41, 5.74) is 4.90. The third kappa shape index (κ3) is 4.74. The van der Waals surface area contributed by atoms with Crippen LogP contribution in [0.5, 0.6) is 0 Å². The number of hydrogen-bond donors (Lipinski definition) is 3. The summed E-state index contributed by atoms with van der Waals surface area (Å²) in [6.45, 7) is 1.92. The molecule has 1 unspecified atom stereocenters. The largest absolute Gasteiger partial charge is 0.363 e. The van der Waals surface area contributed by atoms with Crippen molar-refractivity contribution in [3.8, 4) is 0 Å². The minimum absolute atomic E-state index is 0.0230. The number of quaternary nitrogens is 1. The van der Waals surface area contributed by atoms with Gasteiger partial charge in [-0.1, -0.05) is 53.8 Å². The van der Waals surface area contributed by atoms with Crippen molar-refractivity contribution in [2.45, 2.75) is 12.8 Å². The third-order valence-corrected chi connectivity index (χ3v) is 8.03. The maximum atomic E-state index is 12.4. The van der Waals surface area contributed by atoms with E-state index in [0.717, 1.165) is 18.5 Å². The van der Waals surface area contributed by atoms with Gasteiger partial charge in [-0.2, -0.15) is 8.10 Å². The number of hydroxylamine groups is 1. The SMILES string of the molecule is O=C(NO)c1cnc(N2CC[N+](c3ccc(CCc4ccccc4)cc3)(S(=O)O)CC2)s1. The number of aromatic nitrogens is 1. The van der Waals surface area contributed by atoms with Gasteiger partial charge in [0, 0.05) is 12.1 Å². The van der Waals surface area contributed by atoms with Crippen LogP contribution in [0.2, 0.25) is 0 Å². The van der Waals surface area contributed by atoms with Gasteiger partial charge in [-0.3, -0.25) is 14.6 Å². The van der Waals surface area contributed by atoms with E-state index in [-0.39, 0.29) is 3.89 Å². The zero-order valence-electron chi connectivity index (χ0n) is 17.4. The molecule has 0 bridgehead atoms. The summed E-state index contributed by atoms with van der Waals surface area (Å²) in [6.07, 6.45) is 3.28. The molecule has 2 heterocycles. The van der Waals surface area contributed by atoms with Crippen molar-refractivity contribution in [3.05, 3.63) is 76.8 Å². The molecule has 8 nitrogen and oxygen atoms in total. The van der Waals surface area contributed by atoms with Crippen LogP contribution in [0.3, 0.4) is 0 Å². The number of aryl methyl sites for hydroxylation is 2. The van der Waals surface area contributed by atoms with Crippen molar-refractivity contribution in [1.29, 1.82) is 0 Å². The number of hydrogen-bond acceptors (Lipinski definition) is 6. The summed E-state index contributed by atoms with van der Waals surface area (Å²) in [5, 5.41) is 9.43. The monoisotopic (exact) mass is 473 g/mol. The van der Waals surface area contributed by atoms with Crippen LogP contribution in [0.1, 0.15) is 20.8 Å². The molecular formula is C22H25N4O4S2+. The summed E-state index contributed by atoms with van der Waals surface area (Å²) in [4.78, 5) is 18.1. The lowest BCUT2D eigenvalue weighted by Gasteiger charge is -2.40. The van der Waals surface area contributed by atoms with Gasteiger partial charge < -0.3 is 4.90 Å². The Kier molecular flexibility index (Phi) is 6.97. The first-order valence-electron chi connectivity index (χ1n) is 10.3. The van der Waals surface area contributed by atoms with Crippen LogP contribution >= 0.6 is 11.3 Å². The van der Waals surface area contributed by atoms with Gasteiger partial charge in [0.1, 0.15) is 23.7 Å². The van der Waals surface area contributed by atoms with Crippen molar-refractivity contribution in [1.82, 2.24) is 14.4 Å². The highest BCUT2D eigenvalue weighted by Crippen LogP contribution is 2.31. The summed E-state index contributed by atoms with van der Waals surface area (Å²) < 4.78 is 22.6. The van der Waals surface area contributed by atoms with Crippen LogP contribution in [0.15, 0.2) is 60.8 Å². The number of anilines is 1. The zero-order valence-corrected chi connectivity index (χ0v) is 19.0. The van der Waals surface area contributed by atoms with Crippen molar-refractivity contribution in [2.24, 2.45) is 0 Å². The molecular weight excluding hydrogens is 448 g/mol. The lowest BCUT2D eigenvalue weighted by Crippen LogP contribution is -2.61. The van der Waals surface area contributed by atoms with Crippen LogP contribution in [-0.4, -0.2) is 51.0 Å². The fourth-order valence-corrected chi connectivity index (χ4v) is 5.56. The van der Waals surface area contributed by atoms with Crippen LogP contribution in [0, 0.1) is 0 Å². The lowest BCUT2D eigenvalue weighted by molar-refractivity contribution is 0.0710. The van der Waals surface area contributed by atoms with Gasteiger partial charge in [0.2, 0.25) is 0 Å². The molecule has 1 aromatic heterocycles. The van der Waals surface area contributed by atoms with Gasteiger partial charge in [0.15, 0.2) is 5.13 Å². The molecule has 2 aromatic carbocycles. The highest BCUT2D eigenvalue weighted by Gasteiger charge is 2.42. The first kappa shape index (κ1) is 22.6. The van der Waals surface area contributed by atoms with Gasteiger partial charge in [-0.15, -0.1) is 0 Å². The Morgan fingerprint density at radius 1 is 1.06 bits per heavy atom. The Bertz CT molecular complexity index is 1080. The van der Waals surface area contributed by atoms with E-state index >= 15 is 0 Å². The average molecular weight is 474 g/mol. The topological polar surface area (TPSA) is 103 Å². The maximum absolute atomic E-state index is 12.4. The molecule has 10 heteroatoms. The first-order chi connectivity index (χ1) is 15.5. The molecule has 3 N–H and O–H groups in total. The molecule has 3 aromatic rings. The molecule has 1 fully saturated rings. The molecule has 0 saturated carbocycles. The highest BCUT2D eigenvalue weighted by molar-refractivity contribution is 7.78. The number of benzene rings is 2. The maximum Gasteiger partial charge on any atom is 0.363 e.